The zero-order valence-electron chi connectivity index (χ0n) is 37.6. The molecule has 2 aliphatic rings. The van der Waals surface area contributed by atoms with Crippen molar-refractivity contribution in [1.29, 1.82) is 0 Å². The van der Waals surface area contributed by atoms with Crippen molar-refractivity contribution >= 4 is 11.9 Å². The number of nitrogens with zero attached hydrogens (tertiary/aromatic N) is 2. The van der Waals surface area contributed by atoms with E-state index in [1.807, 2.05) is 6.08 Å². The van der Waals surface area contributed by atoms with Crippen LogP contribution in [0.1, 0.15) is 194 Å². The molecule has 330 valence electrons. The number of esters is 2. The fraction of sp³-hybridized carbons (Fsp3) is 0.878. The maximum absolute atomic E-state index is 12.3. The van der Waals surface area contributed by atoms with Gasteiger partial charge >= 0.3 is 11.9 Å². The molecule has 4 unspecified atom stereocenters. The first kappa shape index (κ1) is 51.2. The third-order valence-corrected chi connectivity index (χ3v) is 12.2. The van der Waals surface area contributed by atoms with E-state index < -0.39 is 5.79 Å². The number of carbonyl (C=O) groups excluding carboxylic acids is 2. The second-order valence-corrected chi connectivity index (χ2v) is 17.5. The van der Waals surface area contributed by atoms with Crippen LogP contribution in [0.2, 0.25) is 0 Å². The Kier molecular flexibility index (Phi) is 30.4. The first-order chi connectivity index (χ1) is 27.8. The van der Waals surface area contributed by atoms with E-state index in [0.29, 0.717) is 37.9 Å². The standard InChI is InChI=1S/C49H88N2O6/c1-6-9-26-44(4)32-41-54-47(52)29-22-18-14-12-16-20-24-34-49(56-43-46(57-49)31-36-51-39-37-50(5)38-40-51)35-25-21-17-13-15-19-23-30-48(53)55-42-33-45(27-10-7-2)28-11-8-3/h27,44-46H,2,6,8-9,11-26,28-43H2,1,3-5H3. The van der Waals surface area contributed by atoms with Crippen molar-refractivity contribution in [2.24, 2.45) is 11.8 Å². The average Bonchev–Trinajstić information content (AvgIpc) is 3.62. The Morgan fingerprint density at radius 1 is 0.737 bits per heavy atom. The number of allylic oxidation sites excluding steroid dienone is 1. The maximum Gasteiger partial charge on any atom is 0.305 e. The van der Waals surface area contributed by atoms with Gasteiger partial charge in [0, 0.05) is 58.4 Å². The Morgan fingerprint density at radius 3 is 1.82 bits per heavy atom. The van der Waals surface area contributed by atoms with Gasteiger partial charge in [-0.05, 0) is 82.9 Å². The van der Waals surface area contributed by atoms with Crippen LogP contribution in [-0.2, 0) is 28.5 Å². The van der Waals surface area contributed by atoms with E-state index in [4.69, 9.17) is 18.9 Å². The van der Waals surface area contributed by atoms with Gasteiger partial charge in [0.15, 0.2) is 5.79 Å². The molecule has 8 nitrogen and oxygen atoms in total. The van der Waals surface area contributed by atoms with E-state index >= 15 is 0 Å². The molecule has 0 N–H and O–H groups in total. The van der Waals surface area contributed by atoms with E-state index in [1.165, 1.54) is 70.6 Å². The summed E-state index contributed by atoms with van der Waals surface area (Å²) in [7, 11) is 2.21. The van der Waals surface area contributed by atoms with Gasteiger partial charge in [0.2, 0.25) is 0 Å². The molecule has 0 aromatic heterocycles. The zero-order valence-corrected chi connectivity index (χ0v) is 37.6. The lowest BCUT2D eigenvalue weighted by Gasteiger charge is -2.33. The molecule has 0 aromatic rings. The molecule has 8 heteroatoms. The van der Waals surface area contributed by atoms with Gasteiger partial charge in [0.1, 0.15) is 0 Å². The van der Waals surface area contributed by atoms with E-state index in [1.54, 1.807) is 0 Å². The molecule has 0 radical (unpaired) electrons. The molecule has 0 aromatic carbocycles. The number of likely N-dealkylation sites (N-methyl/N-ethyl adjacent to an activating group) is 1. The van der Waals surface area contributed by atoms with Gasteiger partial charge in [-0.25, -0.2) is 0 Å². The van der Waals surface area contributed by atoms with Crippen molar-refractivity contribution in [1.82, 2.24) is 9.80 Å². The molecule has 2 fully saturated rings. The van der Waals surface area contributed by atoms with Gasteiger partial charge in [0.25, 0.3) is 0 Å². The molecule has 0 amide bonds. The molecule has 0 spiro atoms. The summed E-state index contributed by atoms with van der Waals surface area (Å²) in [5.74, 6) is 0.501. The number of carbonyl (C=O) groups is 2. The van der Waals surface area contributed by atoms with Crippen LogP contribution in [0.25, 0.3) is 0 Å². The summed E-state index contributed by atoms with van der Waals surface area (Å²) in [6.45, 7) is 17.7. The van der Waals surface area contributed by atoms with Gasteiger partial charge in [-0.1, -0.05) is 129 Å². The van der Waals surface area contributed by atoms with Gasteiger partial charge in [0.05, 0.1) is 25.9 Å². The highest BCUT2D eigenvalue weighted by atomic mass is 16.7. The first-order valence-corrected chi connectivity index (χ1v) is 23.9. The fourth-order valence-corrected chi connectivity index (χ4v) is 8.13. The third-order valence-electron chi connectivity index (χ3n) is 12.2. The van der Waals surface area contributed by atoms with Crippen molar-refractivity contribution in [3.8, 4) is 0 Å². The topological polar surface area (TPSA) is 77.5 Å². The number of hydrogen-bond donors (Lipinski definition) is 0. The van der Waals surface area contributed by atoms with E-state index in [2.05, 4.69) is 55.7 Å². The van der Waals surface area contributed by atoms with Gasteiger partial charge in [-0.3, -0.25) is 9.59 Å². The lowest BCUT2D eigenvalue weighted by molar-refractivity contribution is -0.180. The predicted octanol–water partition coefficient (Wildman–Crippen LogP) is 11.8. The second kappa shape index (κ2) is 33.9. The normalized spacial score (nSPS) is 19.8. The van der Waals surface area contributed by atoms with Crippen LogP contribution in [0.15, 0.2) is 24.1 Å². The van der Waals surface area contributed by atoms with Crippen LogP contribution >= 0.6 is 0 Å². The number of piperazine rings is 1. The molecule has 4 atom stereocenters. The summed E-state index contributed by atoms with van der Waals surface area (Å²) in [4.78, 5) is 29.4. The largest absolute Gasteiger partial charge is 0.466 e. The molecular formula is C49H88N2O6. The van der Waals surface area contributed by atoms with Gasteiger partial charge < -0.3 is 28.7 Å². The summed E-state index contributed by atoms with van der Waals surface area (Å²) in [6, 6.07) is 0. The molecule has 2 rings (SSSR count). The number of rotatable bonds is 36. The molecule has 0 bridgehead atoms. The molecule has 2 saturated heterocycles. The van der Waals surface area contributed by atoms with E-state index in [9.17, 15) is 9.59 Å². The molecule has 2 heterocycles. The minimum atomic E-state index is -0.421. The Labute approximate surface area is 350 Å². The average molecular weight is 801 g/mol. The summed E-state index contributed by atoms with van der Waals surface area (Å²) < 4.78 is 24.4. The predicted molar refractivity (Wildman–Crippen MR) is 235 cm³/mol. The minimum Gasteiger partial charge on any atom is -0.466 e. The Bertz CT molecular complexity index is 1100. The third kappa shape index (κ3) is 26.7. The SMILES string of the molecule is C=C=C=CC(CCCC)CCOC(=O)CCCCCCCCCC1(CCCCCCCCCC(=O)OCCC(C)CCCC)OCC(CCN2CCN(C)CC2)O1. The lowest BCUT2D eigenvalue weighted by Crippen LogP contribution is -2.45. The Hall–Kier alpha value is -1.92. The number of unbranched alkanes of at least 4 members (excludes halogenated alkanes) is 14. The van der Waals surface area contributed by atoms with Gasteiger partial charge in [-0.2, -0.15) is 0 Å². The Balaban J connectivity index is 1.60. The van der Waals surface area contributed by atoms with Crippen molar-refractivity contribution < 1.29 is 28.5 Å². The van der Waals surface area contributed by atoms with Crippen molar-refractivity contribution in [3.05, 3.63) is 24.1 Å². The Morgan fingerprint density at radius 2 is 1.26 bits per heavy atom. The van der Waals surface area contributed by atoms with E-state index in [-0.39, 0.29) is 18.0 Å². The minimum absolute atomic E-state index is 0.0235. The van der Waals surface area contributed by atoms with Crippen LogP contribution in [0, 0.1) is 11.8 Å². The highest BCUT2D eigenvalue weighted by Crippen LogP contribution is 2.36. The van der Waals surface area contributed by atoms with Crippen molar-refractivity contribution in [3.63, 3.8) is 0 Å². The number of hydrogen-bond acceptors (Lipinski definition) is 8. The monoisotopic (exact) mass is 801 g/mol. The lowest BCUT2D eigenvalue weighted by atomic mass is 9.98. The number of ether oxygens (including phenoxy) is 4. The molecule has 0 aliphatic carbocycles. The van der Waals surface area contributed by atoms with Crippen LogP contribution in [-0.4, -0.2) is 93.2 Å². The molecule has 2 aliphatic heterocycles. The summed E-state index contributed by atoms with van der Waals surface area (Å²) in [5.41, 5.74) is 5.67. The van der Waals surface area contributed by atoms with Crippen LogP contribution < -0.4 is 0 Å². The van der Waals surface area contributed by atoms with Crippen LogP contribution in [0.5, 0.6) is 0 Å². The quantitative estimate of drug-likeness (QED) is 0.0352. The maximum atomic E-state index is 12.3. The highest BCUT2D eigenvalue weighted by Gasteiger charge is 2.40. The van der Waals surface area contributed by atoms with Gasteiger partial charge in [-0.15, -0.1) is 0 Å². The highest BCUT2D eigenvalue weighted by molar-refractivity contribution is 5.69. The smallest absolute Gasteiger partial charge is 0.305 e. The van der Waals surface area contributed by atoms with Crippen LogP contribution in [0.3, 0.4) is 0 Å². The van der Waals surface area contributed by atoms with E-state index in [0.717, 1.165) is 129 Å². The second-order valence-electron chi connectivity index (χ2n) is 17.5. The summed E-state index contributed by atoms with van der Waals surface area (Å²) >= 11 is 0. The summed E-state index contributed by atoms with van der Waals surface area (Å²) in [6.07, 6.45) is 31.2. The first-order valence-electron chi connectivity index (χ1n) is 23.9. The van der Waals surface area contributed by atoms with Crippen molar-refractivity contribution in [2.45, 2.75) is 206 Å². The van der Waals surface area contributed by atoms with Crippen LogP contribution in [0.4, 0.5) is 0 Å². The molecule has 0 saturated carbocycles. The zero-order chi connectivity index (χ0) is 41.2. The summed E-state index contributed by atoms with van der Waals surface area (Å²) in [5, 5.41) is 0. The molecular weight excluding hydrogens is 713 g/mol. The fourth-order valence-electron chi connectivity index (χ4n) is 8.13. The molecule has 57 heavy (non-hydrogen) atoms. The van der Waals surface area contributed by atoms with Crippen molar-refractivity contribution in [2.75, 3.05) is 59.6 Å².